The van der Waals surface area contributed by atoms with Gasteiger partial charge in [0, 0.05) is 19.1 Å². The second kappa shape index (κ2) is 12.8. The topological polar surface area (TPSA) is 114 Å². The van der Waals surface area contributed by atoms with Crippen LogP contribution in [0.2, 0.25) is 0 Å². The van der Waals surface area contributed by atoms with Crippen molar-refractivity contribution in [2.45, 2.75) is 58.8 Å². The van der Waals surface area contributed by atoms with Gasteiger partial charge in [-0.1, -0.05) is 30.3 Å². The van der Waals surface area contributed by atoms with Crippen LogP contribution in [0.25, 0.3) is 0 Å². The van der Waals surface area contributed by atoms with Crippen molar-refractivity contribution in [1.29, 1.82) is 0 Å². The Bertz CT molecular complexity index is 831. The van der Waals surface area contributed by atoms with Gasteiger partial charge in [0.25, 0.3) is 0 Å². The molecule has 0 atom stereocenters. The van der Waals surface area contributed by atoms with Gasteiger partial charge in [-0.2, -0.15) is 0 Å². The predicted octanol–water partition coefficient (Wildman–Crippen LogP) is 2.70. The van der Waals surface area contributed by atoms with Gasteiger partial charge in [-0.15, -0.1) is 0 Å². The zero-order valence-corrected chi connectivity index (χ0v) is 20.4. The number of amides is 3. The first-order valence-corrected chi connectivity index (χ1v) is 11.5. The molecule has 0 aromatic heterocycles. The van der Waals surface area contributed by atoms with Crippen molar-refractivity contribution in [2.24, 2.45) is 0 Å². The van der Waals surface area contributed by atoms with Crippen molar-refractivity contribution in [3.05, 3.63) is 35.9 Å². The van der Waals surface area contributed by atoms with Crippen molar-refractivity contribution in [1.82, 2.24) is 15.1 Å². The van der Waals surface area contributed by atoms with Crippen LogP contribution in [0.15, 0.2) is 30.3 Å². The number of piperidine rings is 1. The van der Waals surface area contributed by atoms with Gasteiger partial charge in [0.2, 0.25) is 5.91 Å². The van der Waals surface area contributed by atoms with Gasteiger partial charge in [-0.3, -0.25) is 9.59 Å². The van der Waals surface area contributed by atoms with Crippen molar-refractivity contribution in [3.8, 4) is 0 Å². The van der Waals surface area contributed by atoms with E-state index in [2.05, 4.69) is 5.32 Å². The number of rotatable bonds is 8. The van der Waals surface area contributed by atoms with Gasteiger partial charge in [-0.25, -0.2) is 9.59 Å². The summed E-state index contributed by atoms with van der Waals surface area (Å²) >= 11 is 0. The van der Waals surface area contributed by atoms with E-state index in [1.807, 2.05) is 30.3 Å². The van der Waals surface area contributed by atoms with E-state index < -0.39 is 29.7 Å². The molecule has 1 aromatic carbocycles. The highest BCUT2D eigenvalue weighted by Gasteiger charge is 2.32. The van der Waals surface area contributed by atoms with E-state index in [0.717, 1.165) is 5.56 Å². The summed E-state index contributed by atoms with van der Waals surface area (Å²) in [4.78, 5) is 52.4. The maximum atomic E-state index is 12.9. The van der Waals surface area contributed by atoms with E-state index in [9.17, 15) is 19.2 Å². The van der Waals surface area contributed by atoms with Gasteiger partial charge < -0.3 is 29.3 Å². The Hall–Kier alpha value is -3.30. The fraction of sp³-hybridized carbons (Fsp3) is 0.583. The standard InChI is InChI=1S/C24H35N3O7/c1-5-32-21(29)16-27(19-11-13-26(14-12-19)23(31)34-24(2,3)4)20(28)15-25-22(30)33-17-18-9-7-6-8-10-18/h6-10,19H,5,11-17H2,1-4H3,(H,25,30). The molecule has 34 heavy (non-hydrogen) atoms. The summed E-state index contributed by atoms with van der Waals surface area (Å²) in [6.45, 7) is 7.59. The molecule has 0 aliphatic carbocycles. The molecule has 188 valence electrons. The molecule has 2 rings (SSSR count). The molecule has 0 spiro atoms. The Morgan fingerprint density at radius 2 is 1.71 bits per heavy atom. The zero-order chi connectivity index (χ0) is 25.1. The maximum Gasteiger partial charge on any atom is 0.410 e. The fourth-order valence-corrected chi connectivity index (χ4v) is 3.48. The maximum absolute atomic E-state index is 12.9. The third-order valence-corrected chi connectivity index (χ3v) is 5.08. The van der Waals surface area contributed by atoms with Crippen molar-refractivity contribution in [2.75, 3.05) is 32.8 Å². The molecule has 10 nitrogen and oxygen atoms in total. The van der Waals surface area contributed by atoms with Crippen LogP contribution in [0.3, 0.4) is 0 Å². The van der Waals surface area contributed by atoms with E-state index in [1.165, 1.54) is 4.90 Å². The summed E-state index contributed by atoms with van der Waals surface area (Å²) in [7, 11) is 0. The molecular weight excluding hydrogens is 442 g/mol. The first-order valence-electron chi connectivity index (χ1n) is 11.5. The van der Waals surface area contributed by atoms with Gasteiger partial charge >= 0.3 is 18.2 Å². The molecule has 0 saturated carbocycles. The van der Waals surface area contributed by atoms with Gasteiger partial charge in [0.05, 0.1) is 6.61 Å². The van der Waals surface area contributed by atoms with Crippen molar-refractivity contribution in [3.63, 3.8) is 0 Å². The minimum Gasteiger partial charge on any atom is -0.465 e. The van der Waals surface area contributed by atoms with E-state index in [1.54, 1.807) is 32.6 Å². The highest BCUT2D eigenvalue weighted by Crippen LogP contribution is 2.19. The summed E-state index contributed by atoms with van der Waals surface area (Å²) in [5.41, 5.74) is 0.227. The van der Waals surface area contributed by atoms with Crippen LogP contribution in [0.1, 0.15) is 46.1 Å². The summed E-state index contributed by atoms with van der Waals surface area (Å²) < 4.78 is 15.6. The number of hydrogen-bond donors (Lipinski definition) is 1. The third-order valence-electron chi connectivity index (χ3n) is 5.08. The number of nitrogens with one attached hydrogen (secondary N) is 1. The lowest BCUT2D eigenvalue weighted by Gasteiger charge is -2.38. The number of alkyl carbamates (subject to hydrolysis) is 1. The molecule has 1 fully saturated rings. The molecule has 1 heterocycles. The summed E-state index contributed by atoms with van der Waals surface area (Å²) in [5, 5.41) is 2.44. The van der Waals surface area contributed by atoms with Crippen LogP contribution < -0.4 is 5.32 Å². The van der Waals surface area contributed by atoms with E-state index in [4.69, 9.17) is 14.2 Å². The zero-order valence-electron chi connectivity index (χ0n) is 20.4. The molecule has 0 unspecified atom stereocenters. The molecule has 10 heteroatoms. The van der Waals surface area contributed by atoms with Crippen LogP contribution in [-0.2, 0) is 30.4 Å². The minimum absolute atomic E-state index is 0.0799. The largest absolute Gasteiger partial charge is 0.465 e. The van der Waals surface area contributed by atoms with Crippen LogP contribution in [0.5, 0.6) is 0 Å². The van der Waals surface area contributed by atoms with Crippen LogP contribution >= 0.6 is 0 Å². The van der Waals surface area contributed by atoms with Crippen molar-refractivity contribution >= 4 is 24.1 Å². The van der Waals surface area contributed by atoms with E-state index in [-0.39, 0.29) is 32.3 Å². The van der Waals surface area contributed by atoms with E-state index in [0.29, 0.717) is 25.9 Å². The van der Waals surface area contributed by atoms with E-state index >= 15 is 0 Å². The number of carbonyl (C=O) groups is 4. The number of nitrogens with zero attached hydrogens (tertiary/aromatic N) is 2. The third kappa shape index (κ3) is 9.29. The summed E-state index contributed by atoms with van der Waals surface area (Å²) in [6.07, 6.45) is -0.184. The van der Waals surface area contributed by atoms with Crippen LogP contribution in [0.4, 0.5) is 9.59 Å². The molecular formula is C24H35N3O7. The Balaban J connectivity index is 1.91. The van der Waals surface area contributed by atoms with Crippen LogP contribution in [0, 0.1) is 0 Å². The van der Waals surface area contributed by atoms with Crippen LogP contribution in [-0.4, -0.2) is 78.3 Å². The monoisotopic (exact) mass is 477 g/mol. The molecule has 0 bridgehead atoms. The lowest BCUT2D eigenvalue weighted by Crippen LogP contribution is -2.53. The molecule has 1 N–H and O–H groups in total. The number of hydrogen-bond acceptors (Lipinski definition) is 7. The van der Waals surface area contributed by atoms with Gasteiger partial charge in [0.15, 0.2) is 0 Å². The predicted molar refractivity (Wildman–Crippen MR) is 124 cm³/mol. The first kappa shape index (κ1) is 26.9. The number of benzene rings is 1. The Morgan fingerprint density at radius 1 is 1.06 bits per heavy atom. The summed E-state index contributed by atoms with van der Waals surface area (Å²) in [6, 6.07) is 8.89. The average Bonchev–Trinajstić information content (AvgIpc) is 2.79. The minimum atomic E-state index is -0.729. The number of ether oxygens (including phenoxy) is 3. The molecule has 3 amide bonds. The SMILES string of the molecule is CCOC(=O)CN(C(=O)CNC(=O)OCc1ccccc1)C1CCN(C(=O)OC(C)(C)C)CC1. The average molecular weight is 478 g/mol. The van der Waals surface area contributed by atoms with Gasteiger partial charge in [0.1, 0.15) is 25.3 Å². The lowest BCUT2D eigenvalue weighted by molar-refractivity contribution is -0.150. The highest BCUT2D eigenvalue weighted by molar-refractivity contribution is 5.86. The molecule has 0 radical (unpaired) electrons. The van der Waals surface area contributed by atoms with Crippen molar-refractivity contribution < 1.29 is 33.4 Å². The molecule has 1 aromatic rings. The normalized spacial score (nSPS) is 14.2. The smallest absolute Gasteiger partial charge is 0.410 e. The number of likely N-dealkylation sites (tertiary alicyclic amines) is 1. The number of esters is 1. The second-order valence-electron chi connectivity index (χ2n) is 8.94. The Morgan fingerprint density at radius 3 is 2.29 bits per heavy atom. The van der Waals surface area contributed by atoms with Gasteiger partial charge in [-0.05, 0) is 46.1 Å². The Kier molecular flexibility index (Phi) is 10.2. The second-order valence-corrected chi connectivity index (χ2v) is 8.94. The Labute approximate surface area is 200 Å². The first-order chi connectivity index (χ1) is 16.1. The quantitative estimate of drug-likeness (QED) is 0.452. The molecule has 1 saturated heterocycles. The fourth-order valence-electron chi connectivity index (χ4n) is 3.48. The molecule has 1 aliphatic heterocycles. The highest BCUT2D eigenvalue weighted by atomic mass is 16.6. The lowest BCUT2D eigenvalue weighted by atomic mass is 10.0. The number of carbonyl (C=O) groups excluding carboxylic acids is 4. The molecule has 1 aliphatic rings. The summed E-state index contributed by atoms with van der Waals surface area (Å²) in [5.74, 6) is -0.961.